The summed E-state index contributed by atoms with van der Waals surface area (Å²) < 4.78 is 25.8. The Kier molecular flexibility index (Phi) is 7.04. The first-order valence-corrected chi connectivity index (χ1v) is 11.7. The molecule has 1 aliphatic carbocycles. The van der Waals surface area contributed by atoms with Gasteiger partial charge in [-0.15, -0.1) is 0 Å². The van der Waals surface area contributed by atoms with Crippen LogP contribution in [0.25, 0.3) is 11.1 Å². The molecule has 0 aliphatic heterocycles. The van der Waals surface area contributed by atoms with E-state index in [9.17, 15) is 9.18 Å². The number of esters is 1. The molecule has 33 heavy (non-hydrogen) atoms. The number of benzene rings is 3. The van der Waals surface area contributed by atoms with Gasteiger partial charge in [-0.1, -0.05) is 41.9 Å². The molecule has 0 radical (unpaired) electrons. The summed E-state index contributed by atoms with van der Waals surface area (Å²) in [7, 11) is 0. The van der Waals surface area contributed by atoms with Crippen molar-refractivity contribution in [2.75, 3.05) is 6.61 Å². The lowest BCUT2D eigenvalue weighted by Gasteiger charge is -2.16. The van der Waals surface area contributed by atoms with Crippen LogP contribution in [0.5, 0.6) is 5.75 Å². The van der Waals surface area contributed by atoms with Gasteiger partial charge in [-0.05, 0) is 86.1 Å². The molecule has 1 unspecified atom stereocenters. The highest BCUT2D eigenvalue weighted by molar-refractivity contribution is 6.33. The lowest BCUT2D eigenvalue weighted by atomic mass is 9.93. The minimum atomic E-state index is -0.299. The summed E-state index contributed by atoms with van der Waals surface area (Å²) in [4.78, 5) is 11.9. The van der Waals surface area contributed by atoms with Crippen LogP contribution in [0.4, 0.5) is 4.39 Å². The highest BCUT2D eigenvalue weighted by Gasteiger charge is 2.43. The van der Waals surface area contributed by atoms with E-state index in [1.165, 1.54) is 6.07 Å². The molecule has 4 rings (SSSR count). The average molecular weight is 467 g/mol. The second kappa shape index (κ2) is 9.96. The Morgan fingerprint density at radius 1 is 1.12 bits per heavy atom. The van der Waals surface area contributed by atoms with Gasteiger partial charge in [0.2, 0.25) is 0 Å². The van der Waals surface area contributed by atoms with Gasteiger partial charge >= 0.3 is 5.97 Å². The number of carbonyl (C=O) groups is 1. The largest absolute Gasteiger partial charge is 0.489 e. The topological polar surface area (TPSA) is 35.5 Å². The minimum absolute atomic E-state index is 0.00211. The summed E-state index contributed by atoms with van der Waals surface area (Å²) in [5, 5.41) is 0.644. The predicted octanol–water partition coefficient (Wildman–Crippen LogP) is 7.08. The monoisotopic (exact) mass is 466 g/mol. The van der Waals surface area contributed by atoms with E-state index in [1.807, 2.05) is 63.2 Å². The molecule has 3 nitrogen and oxygen atoms in total. The Labute approximate surface area is 199 Å². The van der Waals surface area contributed by atoms with Crippen LogP contribution in [0.1, 0.15) is 35.6 Å². The average Bonchev–Trinajstić information content (AvgIpc) is 3.54. The molecule has 0 heterocycles. The quantitative estimate of drug-likeness (QED) is 0.332. The van der Waals surface area contributed by atoms with Gasteiger partial charge in [0.1, 0.15) is 18.2 Å². The van der Waals surface area contributed by atoms with Crippen LogP contribution in [0.3, 0.4) is 0 Å². The lowest BCUT2D eigenvalue weighted by Crippen LogP contribution is -2.08. The minimum Gasteiger partial charge on any atom is -0.489 e. The molecule has 0 spiro atoms. The number of halogens is 2. The predicted molar refractivity (Wildman–Crippen MR) is 129 cm³/mol. The number of carbonyl (C=O) groups excluding carboxylic acids is 1. The van der Waals surface area contributed by atoms with Crippen molar-refractivity contribution in [2.24, 2.45) is 11.8 Å². The normalized spacial score (nSPS) is 17.0. The lowest BCUT2D eigenvalue weighted by molar-refractivity contribution is -0.145. The fourth-order valence-electron chi connectivity index (χ4n) is 4.38. The van der Waals surface area contributed by atoms with E-state index >= 15 is 0 Å². The van der Waals surface area contributed by atoms with Crippen molar-refractivity contribution in [3.8, 4) is 16.9 Å². The Morgan fingerprint density at radius 3 is 2.67 bits per heavy atom. The highest BCUT2D eigenvalue weighted by atomic mass is 35.5. The van der Waals surface area contributed by atoms with Gasteiger partial charge in [-0.25, -0.2) is 4.39 Å². The van der Waals surface area contributed by atoms with E-state index < -0.39 is 0 Å². The first kappa shape index (κ1) is 23.3. The zero-order valence-corrected chi connectivity index (χ0v) is 19.9. The Bertz CT molecular complexity index is 1150. The number of ether oxygens (including phenoxy) is 2. The van der Waals surface area contributed by atoms with Crippen molar-refractivity contribution in [3.05, 3.63) is 87.7 Å². The van der Waals surface area contributed by atoms with Gasteiger partial charge in [-0.2, -0.15) is 0 Å². The van der Waals surface area contributed by atoms with Crippen molar-refractivity contribution in [1.82, 2.24) is 0 Å². The molecule has 0 N–H and O–H groups in total. The molecule has 0 amide bonds. The fourth-order valence-corrected chi connectivity index (χ4v) is 4.70. The highest BCUT2D eigenvalue weighted by Crippen LogP contribution is 2.42. The van der Waals surface area contributed by atoms with Gasteiger partial charge in [-0.3, -0.25) is 4.79 Å². The van der Waals surface area contributed by atoms with Gasteiger partial charge in [0, 0.05) is 16.1 Å². The van der Waals surface area contributed by atoms with Crippen molar-refractivity contribution < 1.29 is 18.7 Å². The summed E-state index contributed by atoms with van der Waals surface area (Å²) >= 11 is 6.46. The number of aryl methyl sites for hydroxylation is 1. The summed E-state index contributed by atoms with van der Waals surface area (Å²) in [5.74, 6) is 0.595. The summed E-state index contributed by atoms with van der Waals surface area (Å²) in [6.07, 6.45) is 1.66. The van der Waals surface area contributed by atoms with Crippen LogP contribution in [-0.4, -0.2) is 12.6 Å². The molecular weight excluding hydrogens is 439 g/mol. The fraction of sp³-hybridized carbons (Fsp3) is 0.321. The van der Waals surface area contributed by atoms with Crippen molar-refractivity contribution in [1.29, 1.82) is 0 Å². The second-order valence-corrected chi connectivity index (χ2v) is 9.03. The first-order chi connectivity index (χ1) is 15.9. The standard InChI is InChI=1S/C28H28ClFO3/c1-4-32-28(31)23-15-20(23)13-19-8-6-9-21(14-19)33-16-24-18(3)22(11-12-26(24)30)27-17(2)7-5-10-25(27)29/h5-12,14,20,23H,4,13,15-16H2,1-3H3/t20-,23?/m1/s1. The maximum absolute atomic E-state index is 14.7. The first-order valence-electron chi connectivity index (χ1n) is 11.3. The van der Waals surface area contributed by atoms with Gasteiger partial charge < -0.3 is 9.47 Å². The van der Waals surface area contributed by atoms with Crippen LogP contribution in [-0.2, 0) is 22.6 Å². The van der Waals surface area contributed by atoms with Gasteiger partial charge in [0.25, 0.3) is 0 Å². The molecule has 1 saturated carbocycles. The molecule has 0 saturated heterocycles. The Balaban J connectivity index is 1.48. The maximum atomic E-state index is 14.7. The van der Waals surface area contributed by atoms with E-state index in [0.717, 1.165) is 40.7 Å². The Morgan fingerprint density at radius 2 is 1.91 bits per heavy atom. The van der Waals surface area contributed by atoms with E-state index in [1.54, 1.807) is 6.07 Å². The van der Waals surface area contributed by atoms with E-state index in [2.05, 4.69) is 0 Å². The molecule has 0 bridgehead atoms. The van der Waals surface area contributed by atoms with Crippen LogP contribution < -0.4 is 4.74 Å². The Hall–Kier alpha value is -2.85. The third kappa shape index (κ3) is 5.22. The van der Waals surface area contributed by atoms with Crippen LogP contribution in [0.15, 0.2) is 54.6 Å². The molecule has 0 aromatic heterocycles. The maximum Gasteiger partial charge on any atom is 0.309 e. The number of hydrogen-bond acceptors (Lipinski definition) is 3. The molecule has 2 atom stereocenters. The van der Waals surface area contributed by atoms with Crippen molar-refractivity contribution in [3.63, 3.8) is 0 Å². The smallest absolute Gasteiger partial charge is 0.309 e. The van der Waals surface area contributed by atoms with E-state index in [0.29, 0.717) is 28.9 Å². The molecular formula is C28H28ClFO3. The SMILES string of the molecule is CCOC(=O)C1C[C@H]1Cc1cccc(OCc2c(F)ccc(-c3c(C)cccc3Cl)c2C)c1. The summed E-state index contributed by atoms with van der Waals surface area (Å²) in [6.45, 7) is 6.26. The van der Waals surface area contributed by atoms with Crippen molar-refractivity contribution >= 4 is 17.6 Å². The van der Waals surface area contributed by atoms with Gasteiger partial charge in [0.05, 0.1) is 12.5 Å². The zero-order valence-electron chi connectivity index (χ0n) is 19.2. The molecule has 5 heteroatoms. The van der Waals surface area contributed by atoms with E-state index in [4.69, 9.17) is 21.1 Å². The van der Waals surface area contributed by atoms with Crippen LogP contribution >= 0.6 is 11.6 Å². The van der Waals surface area contributed by atoms with Crippen LogP contribution in [0.2, 0.25) is 5.02 Å². The third-order valence-electron chi connectivity index (χ3n) is 6.32. The zero-order chi connectivity index (χ0) is 23.5. The third-order valence-corrected chi connectivity index (χ3v) is 6.64. The van der Waals surface area contributed by atoms with Crippen molar-refractivity contribution in [2.45, 2.75) is 40.2 Å². The van der Waals surface area contributed by atoms with Gasteiger partial charge in [0.15, 0.2) is 0 Å². The van der Waals surface area contributed by atoms with Crippen LogP contribution in [0, 0.1) is 31.5 Å². The second-order valence-electron chi connectivity index (χ2n) is 8.62. The molecule has 3 aromatic carbocycles. The molecule has 1 aliphatic rings. The summed E-state index contributed by atoms with van der Waals surface area (Å²) in [6, 6.07) is 16.8. The number of hydrogen-bond donors (Lipinski definition) is 0. The number of rotatable bonds is 8. The molecule has 1 fully saturated rings. The molecule has 172 valence electrons. The molecule has 3 aromatic rings. The van der Waals surface area contributed by atoms with E-state index in [-0.39, 0.29) is 24.3 Å². The summed E-state index contributed by atoms with van der Waals surface area (Å²) in [5.41, 5.74) is 5.30.